The van der Waals surface area contributed by atoms with Gasteiger partial charge in [-0.25, -0.2) is 0 Å². The van der Waals surface area contributed by atoms with Crippen molar-refractivity contribution < 1.29 is 13.3 Å². The Kier molecular flexibility index (Phi) is 8.12. The molecule has 7 heteroatoms. The van der Waals surface area contributed by atoms with E-state index in [0.29, 0.717) is 25.5 Å². The van der Waals surface area contributed by atoms with E-state index in [1.54, 1.807) is 0 Å². The Morgan fingerprint density at radius 3 is 1.85 bits per heavy atom. The summed E-state index contributed by atoms with van der Waals surface area (Å²) >= 11 is 0. The van der Waals surface area contributed by atoms with Crippen LogP contribution in [0.25, 0.3) is 0 Å². The molecular formula is C20H29N3O3Si. The summed E-state index contributed by atoms with van der Waals surface area (Å²) < 4.78 is 18.1. The zero-order valence-electron chi connectivity index (χ0n) is 16.8. The van der Waals surface area contributed by atoms with E-state index in [2.05, 4.69) is 10.2 Å². The van der Waals surface area contributed by atoms with E-state index in [-0.39, 0.29) is 0 Å². The molecule has 27 heavy (non-hydrogen) atoms. The standard InChI is InChI=1S/C20H29N3O3Si/c1-6-24-27(25-7-2,26-8-3)20-12-10-9-11-19(20)22-21-17-13-15-18(16-14-17)23(4)5/h9-16H,6-8H2,1-5H3/b22-21+. The smallest absolute Gasteiger partial charge is 0.378 e. The first-order valence-electron chi connectivity index (χ1n) is 9.26. The lowest BCUT2D eigenvalue weighted by Gasteiger charge is -2.29. The molecule has 0 heterocycles. The molecule has 0 atom stereocenters. The van der Waals surface area contributed by atoms with Crippen molar-refractivity contribution in [3.05, 3.63) is 48.5 Å². The summed E-state index contributed by atoms with van der Waals surface area (Å²) in [4.78, 5) is 2.04. The third kappa shape index (κ3) is 5.46. The molecule has 0 N–H and O–H groups in total. The molecular weight excluding hydrogens is 358 g/mol. The summed E-state index contributed by atoms with van der Waals surface area (Å²) in [5, 5.41) is 9.70. The molecule has 2 aromatic carbocycles. The van der Waals surface area contributed by atoms with E-state index in [1.165, 1.54) is 0 Å². The number of benzene rings is 2. The monoisotopic (exact) mass is 387 g/mol. The van der Waals surface area contributed by atoms with Crippen molar-refractivity contribution in [3.63, 3.8) is 0 Å². The highest BCUT2D eigenvalue weighted by Gasteiger charge is 2.45. The fourth-order valence-electron chi connectivity index (χ4n) is 2.68. The van der Waals surface area contributed by atoms with Crippen molar-refractivity contribution in [2.24, 2.45) is 10.2 Å². The van der Waals surface area contributed by atoms with Gasteiger partial charge in [0, 0.05) is 44.8 Å². The predicted molar refractivity (Wildman–Crippen MR) is 112 cm³/mol. The van der Waals surface area contributed by atoms with Crippen LogP contribution in [0.4, 0.5) is 17.1 Å². The van der Waals surface area contributed by atoms with Crippen LogP contribution in [-0.4, -0.2) is 42.7 Å². The molecule has 6 nitrogen and oxygen atoms in total. The predicted octanol–water partition coefficient (Wildman–Crippen LogP) is 4.42. The highest BCUT2D eigenvalue weighted by Crippen LogP contribution is 2.23. The van der Waals surface area contributed by atoms with E-state index in [9.17, 15) is 0 Å². The van der Waals surface area contributed by atoms with Gasteiger partial charge in [0.1, 0.15) is 0 Å². The third-order valence-corrected chi connectivity index (χ3v) is 6.96. The SMILES string of the molecule is CCO[Si](OCC)(OCC)c1ccccc1/N=N/c1ccc(N(C)C)cc1. The van der Waals surface area contributed by atoms with Crippen LogP contribution in [0.1, 0.15) is 20.8 Å². The van der Waals surface area contributed by atoms with Crippen LogP contribution in [0.5, 0.6) is 0 Å². The van der Waals surface area contributed by atoms with Gasteiger partial charge >= 0.3 is 8.80 Å². The maximum absolute atomic E-state index is 6.02. The molecule has 0 radical (unpaired) electrons. The van der Waals surface area contributed by atoms with Crippen molar-refractivity contribution in [2.75, 3.05) is 38.8 Å². The van der Waals surface area contributed by atoms with Gasteiger partial charge in [-0.15, -0.1) is 0 Å². The molecule has 0 aliphatic carbocycles. The van der Waals surface area contributed by atoms with Gasteiger partial charge in [0.05, 0.1) is 11.4 Å². The van der Waals surface area contributed by atoms with Crippen LogP contribution in [0.2, 0.25) is 0 Å². The lowest BCUT2D eigenvalue weighted by atomic mass is 10.3. The van der Waals surface area contributed by atoms with Crippen LogP contribution >= 0.6 is 0 Å². The number of hydrogen-bond acceptors (Lipinski definition) is 6. The quantitative estimate of drug-likeness (QED) is 0.447. The molecule has 0 saturated carbocycles. The highest BCUT2D eigenvalue weighted by atomic mass is 28.4. The summed E-state index contributed by atoms with van der Waals surface area (Å²) in [7, 11) is 0.974. The first-order valence-corrected chi connectivity index (χ1v) is 11.0. The average Bonchev–Trinajstić information content (AvgIpc) is 2.67. The average molecular weight is 388 g/mol. The maximum Gasteiger partial charge on any atom is 0.539 e. The van der Waals surface area contributed by atoms with Gasteiger partial charge in [-0.05, 0) is 51.1 Å². The van der Waals surface area contributed by atoms with Crippen molar-refractivity contribution in [1.82, 2.24) is 0 Å². The Bertz CT molecular complexity index is 718. The zero-order chi connectivity index (χ0) is 19.7. The minimum Gasteiger partial charge on any atom is -0.378 e. The van der Waals surface area contributed by atoms with E-state index >= 15 is 0 Å². The van der Waals surface area contributed by atoms with Gasteiger partial charge in [-0.3, -0.25) is 0 Å². The van der Waals surface area contributed by atoms with Gasteiger partial charge in [0.25, 0.3) is 0 Å². The molecule has 0 aromatic heterocycles. The second kappa shape index (κ2) is 10.3. The van der Waals surface area contributed by atoms with Crippen LogP contribution in [-0.2, 0) is 13.3 Å². The molecule has 2 rings (SSSR count). The van der Waals surface area contributed by atoms with E-state index in [1.807, 2.05) is 88.3 Å². The number of anilines is 1. The van der Waals surface area contributed by atoms with Gasteiger partial charge in [0.2, 0.25) is 0 Å². The Morgan fingerprint density at radius 2 is 1.33 bits per heavy atom. The van der Waals surface area contributed by atoms with Crippen molar-refractivity contribution in [2.45, 2.75) is 20.8 Å². The first-order chi connectivity index (χ1) is 13.1. The number of rotatable bonds is 10. The van der Waals surface area contributed by atoms with Crippen LogP contribution in [0.15, 0.2) is 58.8 Å². The maximum atomic E-state index is 6.02. The molecule has 2 aromatic rings. The number of nitrogens with zero attached hydrogens (tertiary/aromatic N) is 3. The van der Waals surface area contributed by atoms with Crippen molar-refractivity contribution in [3.8, 4) is 0 Å². The fourth-order valence-corrected chi connectivity index (χ4v) is 5.28. The molecule has 0 saturated heterocycles. The Labute approximate surface area is 163 Å². The fraction of sp³-hybridized carbons (Fsp3) is 0.400. The van der Waals surface area contributed by atoms with Crippen molar-refractivity contribution in [1.29, 1.82) is 0 Å². The lowest BCUT2D eigenvalue weighted by Crippen LogP contribution is -2.57. The topological polar surface area (TPSA) is 55.6 Å². The number of azo groups is 1. The first kappa shape index (κ1) is 21.2. The van der Waals surface area contributed by atoms with Crippen LogP contribution in [0, 0.1) is 0 Å². The molecule has 0 fully saturated rings. The van der Waals surface area contributed by atoms with Gasteiger partial charge in [-0.2, -0.15) is 10.2 Å². The molecule has 0 aliphatic heterocycles. The zero-order valence-corrected chi connectivity index (χ0v) is 17.8. The molecule has 0 unspecified atom stereocenters. The summed E-state index contributed by atoms with van der Waals surface area (Å²) in [5.74, 6) is 0. The normalized spacial score (nSPS) is 11.9. The van der Waals surface area contributed by atoms with Crippen LogP contribution in [0.3, 0.4) is 0 Å². The summed E-state index contributed by atoms with van der Waals surface area (Å²) in [6.07, 6.45) is 0. The van der Waals surface area contributed by atoms with E-state index in [0.717, 1.165) is 16.6 Å². The summed E-state index contributed by atoms with van der Waals surface area (Å²) in [5.41, 5.74) is 2.60. The minimum atomic E-state index is -3.04. The summed E-state index contributed by atoms with van der Waals surface area (Å²) in [6.45, 7) is 7.33. The minimum absolute atomic E-state index is 0.504. The van der Waals surface area contributed by atoms with E-state index in [4.69, 9.17) is 13.3 Å². The van der Waals surface area contributed by atoms with Gasteiger partial charge in [-0.1, -0.05) is 18.2 Å². The molecule has 0 spiro atoms. The highest BCUT2D eigenvalue weighted by molar-refractivity contribution is 6.76. The van der Waals surface area contributed by atoms with E-state index < -0.39 is 8.80 Å². The lowest BCUT2D eigenvalue weighted by molar-refractivity contribution is 0.0860. The Morgan fingerprint density at radius 1 is 0.778 bits per heavy atom. The second-order valence-corrected chi connectivity index (χ2v) is 8.50. The van der Waals surface area contributed by atoms with Gasteiger partial charge < -0.3 is 18.2 Å². The largest absolute Gasteiger partial charge is 0.539 e. The summed E-state index contributed by atoms with van der Waals surface area (Å²) in [6, 6.07) is 15.6. The Hall–Kier alpha value is -2.06. The number of hydrogen-bond donors (Lipinski definition) is 0. The molecule has 0 bridgehead atoms. The molecule has 0 aliphatic rings. The Balaban J connectivity index is 2.37. The van der Waals surface area contributed by atoms with Crippen molar-refractivity contribution >= 4 is 31.1 Å². The molecule has 0 amide bonds. The molecule has 146 valence electrons. The third-order valence-electron chi connectivity index (χ3n) is 3.88. The van der Waals surface area contributed by atoms with Crippen LogP contribution < -0.4 is 10.1 Å². The van der Waals surface area contributed by atoms with Gasteiger partial charge in [0.15, 0.2) is 0 Å². The second-order valence-electron chi connectivity index (χ2n) is 5.98.